The van der Waals surface area contributed by atoms with E-state index >= 15 is 0 Å². The summed E-state index contributed by atoms with van der Waals surface area (Å²) in [6, 6.07) is 7.64. The molecule has 0 unspecified atom stereocenters. The largest absolute Gasteiger partial charge is 0.399 e. The number of benzene rings is 1. The van der Waals surface area contributed by atoms with E-state index in [9.17, 15) is 4.79 Å². The van der Waals surface area contributed by atoms with Crippen LogP contribution in [0.2, 0.25) is 0 Å². The number of amides is 1. The summed E-state index contributed by atoms with van der Waals surface area (Å²) in [7, 11) is 0. The fourth-order valence-electron chi connectivity index (χ4n) is 2.00. The van der Waals surface area contributed by atoms with E-state index in [2.05, 4.69) is 10.4 Å². The van der Waals surface area contributed by atoms with Gasteiger partial charge < -0.3 is 11.1 Å². The normalized spacial score (nSPS) is 9.95. The molecule has 1 aromatic heterocycles. The summed E-state index contributed by atoms with van der Waals surface area (Å²) in [4.78, 5) is 11.7. The minimum absolute atomic E-state index is 0. The molecule has 0 saturated carbocycles. The Morgan fingerprint density at radius 1 is 1.38 bits per heavy atom. The van der Waals surface area contributed by atoms with E-state index in [1.165, 1.54) is 0 Å². The summed E-state index contributed by atoms with van der Waals surface area (Å²) < 4.78 is 1.82. The van der Waals surface area contributed by atoms with E-state index in [1.807, 2.05) is 42.1 Å². The van der Waals surface area contributed by atoms with Crippen LogP contribution in [0.1, 0.15) is 17.5 Å². The van der Waals surface area contributed by atoms with Crippen LogP contribution in [0.25, 0.3) is 0 Å². The first-order valence-corrected chi connectivity index (χ1v) is 6.74. The fourth-order valence-corrected chi connectivity index (χ4v) is 2.00. The van der Waals surface area contributed by atoms with E-state index in [0.29, 0.717) is 25.9 Å². The number of para-hydroxylation sites is 1. The van der Waals surface area contributed by atoms with Gasteiger partial charge in [0.25, 0.3) is 0 Å². The molecule has 1 amide bonds. The molecule has 0 fully saturated rings. The van der Waals surface area contributed by atoms with Crippen LogP contribution in [0.15, 0.2) is 36.7 Å². The van der Waals surface area contributed by atoms with Crippen molar-refractivity contribution in [3.05, 3.63) is 47.8 Å². The van der Waals surface area contributed by atoms with Gasteiger partial charge >= 0.3 is 0 Å². The molecule has 0 aliphatic rings. The average Bonchev–Trinajstić information content (AvgIpc) is 2.83. The second kappa shape index (κ2) is 8.32. The monoisotopic (exact) mass is 308 g/mol. The molecule has 0 radical (unpaired) electrons. The molecule has 0 atom stereocenters. The predicted octanol–water partition coefficient (Wildman–Crippen LogP) is 1.94. The third kappa shape index (κ3) is 5.47. The Bertz CT molecular complexity index is 583. The topological polar surface area (TPSA) is 72.9 Å². The van der Waals surface area contributed by atoms with Crippen molar-refractivity contribution in [3.63, 3.8) is 0 Å². The molecule has 2 rings (SSSR count). The van der Waals surface area contributed by atoms with Gasteiger partial charge in [0.05, 0.1) is 12.7 Å². The Kier molecular flexibility index (Phi) is 6.75. The molecule has 1 heterocycles. The van der Waals surface area contributed by atoms with Crippen LogP contribution in [0, 0.1) is 6.92 Å². The summed E-state index contributed by atoms with van der Waals surface area (Å²) in [5.41, 5.74) is 8.72. The van der Waals surface area contributed by atoms with Crippen LogP contribution in [0.5, 0.6) is 0 Å². The molecule has 0 spiro atoms. The molecule has 2 aromatic rings. The van der Waals surface area contributed by atoms with Crippen LogP contribution in [0.4, 0.5) is 5.69 Å². The van der Waals surface area contributed by atoms with Gasteiger partial charge in [0.15, 0.2) is 0 Å². The van der Waals surface area contributed by atoms with Crippen LogP contribution in [0.3, 0.4) is 0 Å². The quantitative estimate of drug-likeness (QED) is 0.801. The summed E-state index contributed by atoms with van der Waals surface area (Å²) in [5.74, 6) is 0.0390. The van der Waals surface area contributed by atoms with Gasteiger partial charge in [-0.05, 0) is 30.5 Å². The van der Waals surface area contributed by atoms with Crippen molar-refractivity contribution in [2.24, 2.45) is 0 Å². The number of halogens is 1. The van der Waals surface area contributed by atoms with Gasteiger partial charge in [-0.25, -0.2) is 0 Å². The van der Waals surface area contributed by atoms with E-state index in [-0.39, 0.29) is 18.3 Å². The predicted molar refractivity (Wildman–Crippen MR) is 86.4 cm³/mol. The molecule has 6 heteroatoms. The molecule has 0 aliphatic heterocycles. The maximum atomic E-state index is 11.7. The number of carbonyl (C=O) groups is 1. The van der Waals surface area contributed by atoms with E-state index < -0.39 is 0 Å². The highest BCUT2D eigenvalue weighted by Gasteiger charge is 2.04. The van der Waals surface area contributed by atoms with Crippen molar-refractivity contribution in [1.82, 2.24) is 15.1 Å². The number of nitrogens with zero attached hydrogens (tertiary/aromatic N) is 2. The van der Waals surface area contributed by atoms with Crippen molar-refractivity contribution in [3.8, 4) is 0 Å². The first kappa shape index (κ1) is 17.0. The standard InChI is InChI=1S/C15H20N4O.ClH/c1-12-10-18-19(11-12)9-8-17-15(20)7-6-13-4-2-3-5-14(13)16;/h2-5,10-11H,6-9,16H2,1H3,(H,17,20);1H. The van der Waals surface area contributed by atoms with E-state index in [0.717, 1.165) is 16.8 Å². The Morgan fingerprint density at radius 3 is 2.81 bits per heavy atom. The lowest BCUT2D eigenvalue weighted by atomic mass is 10.1. The smallest absolute Gasteiger partial charge is 0.220 e. The number of nitrogens with two attached hydrogens (primary N) is 1. The van der Waals surface area contributed by atoms with Crippen molar-refractivity contribution >= 4 is 24.0 Å². The Morgan fingerprint density at radius 2 is 2.14 bits per heavy atom. The molecule has 0 bridgehead atoms. The minimum atomic E-state index is 0. The third-order valence-corrected chi connectivity index (χ3v) is 3.10. The van der Waals surface area contributed by atoms with E-state index in [1.54, 1.807) is 6.20 Å². The van der Waals surface area contributed by atoms with Crippen LogP contribution < -0.4 is 11.1 Å². The van der Waals surface area contributed by atoms with Gasteiger partial charge in [-0.15, -0.1) is 12.4 Å². The highest BCUT2D eigenvalue weighted by Crippen LogP contribution is 2.12. The number of aryl methyl sites for hydroxylation is 2. The number of aromatic nitrogens is 2. The average molecular weight is 309 g/mol. The lowest BCUT2D eigenvalue weighted by molar-refractivity contribution is -0.121. The van der Waals surface area contributed by atoms with Gasteiger partial charge in [0.1, 0.15) is 0 Å². The lowest BCUT2D eigenvalue weighted by Gasteiger charge is -2.07. The molecule has 5 nitrogen and oxygen atoms in total. The van der Waals surface area contributed by atoms with Crippen LogP contribution in [-0.2, 0) is 17.8 Å². The number of anilines is 1. The van der Waals surface area contributed by atoms with Gasteiger partial charge in [0, 0.05) is 24.8 Å². The summed E-state index contributed by atoms with van der Waals surface area (Å²) in [5, 5.41) is 7.06. The molecule has 21 heavy (non-hydrogen) atoms. The Balaban J connectivity index is 0.00000220. The lowest BCUT2D eigenvalue weighted by Crippen LogP contribution is -2.27. The number of carbonyl (C=O) groups excluding carboxylic acids is 1. The van der Waals surface area contributed by atoms with Gasteiger partial charge in [0.2, 0.25) is 5.91 Å². The fraction of sp³-hybridized carbons (Fsp3) is 0.333. The molecule has 0 saturated heterocycles. The van der Waals surface area contributed by atoms with Crippen LogP contribution in [-0.4, -0.2) is 22.2 Å². The van der Waals surface area contributed by atoms with Crippen LogP contribution >= 0.6 is 12.4 Å². The first-order valence-electron chi connectivity index (χ1n) is 6.74. The SMILES string of the molecule is Cc1cnn(CCNC(=O)CCc2ccccc2N)c1.Cl. The first-order chi connectivity index (χ1) is 9.65. The highest BCUT2D eigenvalue weighted by molar-refractivity contribution is 5.85. The van der Waals surface area contributed by atoms with E-state index in [4.69, 9.17) is 5.73 Å². The van der Waals surface area contributed by atoms with Crippen molar-refractivity contribution in [2.75, 3.05) is 12.3 Å². The van der Waals surface area contributed by atoms with Crippen molar-refractivity contribution < 1.29 is 4.79 Å². The zero-order valence-corrected chi connectivity index (χ0v) is 12.9. The maximum Gasteiger partial charge on any atom is 0.220 e. The maximum absolute atomic E-state index is 11.7. The zero-order valence-electron chi connectivity index (χ0n) is 12.1. The minimum Gasteiger partial charge on any atom is -0.399 e. The summed E-state index contributed by atoms with van der Waals surface area (Å²) >= 11 is 0. The second-order valence-corrected chi connectivity index (χ2v) is 4.83. The zero-order chi connectivity index (χ0) is 14.4. The van der Waals surface area contributed by atoms with Gasteiger partial charge in [-0.1, -0.05) is 18.2 Å². The van der Waals surface area contributed by atoms with Crippen molar-refractivity contribution in [1.29, 1.82) is 0 Å². The van der Waals surface area contributed by atoms with Gasteiger partial charge in [-0.3, -0.25) is 9.48 Å². The number of hydrogen-bond donors (Lipinski definition) is 2. The molecule has 114 valence electrons. The molecular formula is C15H21ClN4O. The molecule has 1 aromatic carbocycles. The molecule has 3 N–H and O–H groups in total. The third-order valence-electron chi connectivity index (χ3n) is 3.10. The van der Waals surface area contributed by atoms with Crippen molar-refractivity contribution in [2.45, 2.75) is 26.3 Å². The number of hydrogen-bond acceptors (Lipinski definition) is 3. The Labute approximate surface area is 130 Å². The highest BCUT2D eigenvalue weighted by atomic mass is 35.5. The van der Waals surface area contributed by atoms with Gasteiger partial charge in [-0.2, -0.15) is 5.10 Å². The molecular weight excluding hydrogens is 288 g/mol. The Hall–Kier alpha value is -2.01. The summed E-state index contributed by atoms with van der Waals surface area (Å²) in [6.45, 7) is 3.27. The number of nitrogen functional groups attached to an aromatic ring is 1. The number of nitrogens with one attached hydrogen (secondary N) is 1. The summed E-state index contributed by atoms with van der Waals surface area (Å²) in [6.07, 6.45) is 4.88. The number of rotatable bonds is 6. The molecule has 0 aliphatic carbocycles. The second-order valence-electron chi connectivity index (χ2n) is 4.83.